The number of aliphatic hydroxyl groups excluding tert-OH is 8. The van der Waals surface area contributed by atoms with Crippen LogP contribution in [0.5, 0.6) is 0 Å². The monoisotopic (exact) mass is 1030 g/mol. The van der Waals surface area contributed by atoms with E-state index in [-0.39, 0.29) is 75.9 Å². The molecule has 20 heteroatoms. The molecule has 412 valence electrons. The number of aldehydes is 1. The molecule has 19 atom stereocenters. The third-order valence-corrected chi connectivity index (χ3v) is 13.2. The van der Waals surface area contributed by atoms with Gasteiger partial charge in [0, 0.05) is 58.2 Å². The fourth-order valence-corrected chi connectivity index (χ4v) is 8.66. The molecule has 3 fully saturated rings. The van der Waals surface area contributed by atoms with Gasteiger partial charge in [0.1, 0.15) is 31.2 Å². The minimum atomic E-state index is -1.60. The van der Waals surface area contributed by atoms with Crippen molar-refractivity contribution in [2.45, 2.75) is 183 Å². The summed E-state index contributed by atoms with van der Waals surface area (Å²) in [5.41, 5.74) is 0. The Labute approximate surface area is 429 Å². The van der Waals surface area contributed by atoms with E-state index in [1.165, 1.54) is 20.1 Å². The zero-order valence-corrected chi connectivity index (χ0v) is 42.9. The van der Waals surface area contributed by atoms with Crippen LogP contribution in [0.15, 0.2) is 97.7 Å². The van der Waals surface area contributed by atoms with Gasteiger partial charge in [-0.05, 0) is 33.1 Å². The number of allylic oxidation sites excluding steroid dienone is 12. The van der Waals surface area contributed by atoms with Crippen molar-refractivity contribution in [2.75, 3.05) is 20.8 Å². The Balaban J connectivity index is 1.77. The van der Waals surface area contributed by atoms with Crippen LogP contribution < -0.4 is 10.6 Å². The van der Waals surface area contributed by atoms with Crippen LogP contribution in [-0.2, 0) is 38.0 Å². The minimum absolute atomic E-state index is 0.0129. The molecule has 3 aliphatic rings. The van der Waals surface area contributed by atoms with Crippen LogP contribution >= 0.6 is 0 Å². The van der Waals surface area contributed by atoms with Crippen molar-refractivity contribution in [1.29, 1.82) is 0 Å². The van der Waals surface area contributed by atoms with E-state index in [1.54, 1.807) is 37.5 Å². The largest absolute Gasteiger partial charge is 0.445 e. The number of fused-ring (bicyclic) bond motifs is 1. The number of carbonyl (C=O) groups excluding carboxylic acids is 3. The normalized spacial score (nSPS) is 30.0. The lowest BCUT2D eigenvalue weighted by Gasteiger charge is -2.46. The lowest BCUT2D eigenvalue weighted by atomic mass is 9.87. The first kappa shape index (κ1) is 62.9. The Bertz CT molecular complexity index is 1870. The first-order chi connectivity index (χ1) is 34.8. The van der Waals surface area contributed by atoms with Gasteiger partial charge in [-0.1, -0.05) is 112 Å². The maximum Gasteiger partial charge on any atom is 0.407 e. The zero-order chi connectivity index (χ0) is 54.1. The summed E-state index contributed by atoms with van der Waals surface area (Å²) in [4.78, 5) is 35.8. The molecule has 3 aliphatic heterocycles. The Kier molecular flexibility index (Phi) is 28.3. The van der Waals surface area contributed by atoms with E-state index in [4.69, 9.17) is 33.2 Å². The number of amides is 2. The Morgan fingerprint density at radius 3 is 2.05 bits per heavy atom. The molecule has 3 rings (SSSR count). The van der Waals surface area contributed by atoms with Crippen LogP contribution in [0.2, 0.25) is 0 Å². The summed E-state index contributed by atoms with van der Waals surface area (Å²) in [7, 11) is 2.98. The average molecular weight is 1040 g/mol. The fraction of sp³-hybridized carbons (Fsp3) is 0.642. The molecule has 73 heavy (non-hydrogen) atoms. The maximum atomic E-state index is 12.7. The van der Waals surface area contributed by atoms with E-state index >= 15 is 0 Å². The highest BCUT2D eigenvalue weighted by Gasteiger charge is 2.54. The molecule has 0 saturated carbocycles. The highest BCUT2D eigenvalue weighted by Crippen LogP contribution is 2.40. The molecule has 2 amide bonds. The molecule has 3 saturated heterocycles. The van der Waals surface area contributed by atoms with Crippen molar-refractivity contribution >= 4 is 18.5 Å². The topological polar surface area (TPSA) is 302 Å². The number of rotatable bonds is 32. The quantitative estimate of drug-likeness (QED) is 0.0263. The van der Waals surface area contributed by atoms with Gasteiger partial charge in [-0.3, -0.25) is 0 Å². The van der Waals surface area contributed by atoms with Crippen LogP contribution in [0.4, 0.5) is 9.59 Å². The predicted molar refractivity (Wildman–Crippen MR) is 269 cm³/mol. The number of alkyl carbamates (subject to hydrolysis) is 2. The maximum absolute atomic E-state index is 12.7. The Morgan fingerprint density at radius 1 is 0.849 bits per heavy atom. The lowest BCUT2D eigenvalue weighted by Crippen LogP contribution is -2.64. The number of aliphatic hydroxyl groups is 8. The number of hydrogen-bond donors (Lipinski definition) is 10. The summed E-state index contributed by atoms with van der Waals surface area (Å²) < 4.78 is 40.7. The number of nitrogens with one attached hydrogen (secondary N) is 2. The van der Waals surface area contributed by atoms with E-state index in [1.807, 2.05) is 75.5 Å². The van der Waals surface area contributed by atoms with Crippen molar-refractivity contribution in [3.05, 3.63) is 97.7 Å². The standard InChI is InChI=1S/C53H82N2O18/c1-8-27-69-51(65)55-46-48(63)36(5)70-50(49(46)64)71-40(22-20-18-16-14-12-10-9-11-13-15-17-19-21-33(2)47(62)34(3)35(4)67-6)30-43-45-44(72-52(66)54-45)32-53(68-7,73-43)31-39(59)29-42(61)41(60)24-23-37(57)28-38(58)25-26-56/h8-22,26,33-50,57-64H,1,23-25,27-32H2,2-7H3,(H,54,66)(H,55,65)/b10-9+,13-11+,14-12+,17-15+,18-16+,21-19+,22-20+. The zero-order valence-electron chi connectivity index (χ0n) is 42.9. The van der Waals surface area contributed by atoms with E-state index in [2.05, 4.69) is 17.2 Å². The molecule has 0 bridgehead atoms. The van der Waals surface area contributed by atoms with Crippen molar-refractivity contribution in [3.8, 4) is 0 Å². The van der Waals surface area contributed by atoms with Gasteiger partial charge >= 0.3 is 12.2 Å². The van der Waals surface area contributed by atoms with Crippen LogP contribution in [-0.4, -0.2) is 184 Å². The van der Waals surface area contributed by atoms with Crippen LogP contribution in [0.25, 0.3) is 0 Å². The van der Waals surface area contributed by atoms with Crippen LogP contribution in [0.1, 0.15) is 79.1 Å². The second-order valence-electron chi connectivity index (χ2n) is 18.8. The second kappa shape index (κ2) is 32.8. The third kappa shape index (κ3) is 21.4. The van der Waals surface area contributed by atoms with Crippen LogP contribution in [0, 0.1) is 11.8 Å². The first-order valence-electron chi connectivity index (χ1n) is 24.9. The predicted octanol–water partition coefficient (Wildman–Crippen LogP) is 3.02. The van der Waals surface area contributed by atoms with Gasteiger partial charge in [-0.2, -0.15) is 0 Å². The van der Waals surface area contributed by atoms with Crippen LogP contribution in [0.3, 0.4) is 0 Å². The lowest BCUT2D eigenvalue weighted by molar-refractivity contribution is -0.307. The first-order valence-corrected chi connectivity index (χ1v) is 24.9. The van der Waals surface area contributed by atoms with Gasteiger partial charge in [0.05, 0.1) is 73.1 Å². The summed E-state index contributed by atoms with van der Waals surface area (Å²) in [5, 5.41) is 90.9. The molecule has 3 heterocycles. The molecular weight excluding hydrogens is 953 g/mol. The van der Waals surface area contributed by atoms with Crippen molar-refractivity contribution in [3.63, 3.8) is 0 Å². The van der Waals surface area contributed by atoms with Gasteiger partial charge in [0.2, 0.25) is 0 Å². The minimum Gasteiger partial charge on any atom is -0.445 e. The molecule has 0 aromatic carbocycles. The van der Waals surface area contributed by atoms with Crippen molar-refractivity contribution < 1.29 is 88.4 Å². The van der Waals surface area contributed by atoms with Gasteiger partial charge in [-0.15, -0.1) is 0 Å². The molecule has 20 nitrogen and oxygen atoms in total. The molecule has 0 spiro atoms. The molecule has 0 aromatic rings. The summed E-state index contributed by atoms with van der Waals surface area (Å²) in [6.45, 7) is 10.8. The fourth-order valence-electron chi connectivity index (χ4n) is 8.66. The van der Waals surface area contributed by atoms with E-state index in [0.717, 1.165) is 0 Å². The molecule has 0 radical (unpaired) electrons. The van der Waals surface area contributed by atoms with Gasteiger partial charge in [-0.25, -0.2) is 9.59 Å². The smallest absolute Gasteiger partial charge is 0.407 e. The van der Waals surface area contributed by atoms with Crippen molar-refractivity contribution in [2.24, 2.45) is 11.8 Å². The van der Waals surface area contributed by atoms with E-state index in [9.17, 15) is 55.2 Å². The summed E-state index contributed by atoms with van der Waals surface area (Å²) >= 11 is 0. The summed E-state index contributed by atoms with van der Waals surface area (Å²) in [5.74, 6) is -1.65. The SMILES string of the molecule is C=CCOC(=O)NC1C(O)C(C)OC(OC(/C=C/C=C/C=C/C=C/C=C/C=C/C=C/C(C)C(O)C(C)C(C)OC)CC2OC(CC(O)CC(O)C(O)CCC(O)CC(O)CC=O)(OC)CC3OC(=O)NC32)C1O. The molecule has 10 N–H and O–H groups in total. The molecule has 0 aliphatic carbocycles. The number of methoxy groups -OCH3 is 2. The Hall–Kier alpha value is -4.39. The number of ether oxygens (including phenoxy) is 7. The molecular formula is C53H82N2O18. The van der Waals surface area contributed by atoms with E-state index < -0.39 is 110 Å². The van der Waals surface area contributed by atoms with Gasteiger partial charge < -0.3 is 89.4 Å². The van der Waals surface area contributed by atoms with Crippen molar-refractivity contribution in [1.82, 2.24) is 10.6 Å². The average Bonchev–Trinajstić information content (AvgIpc) is 3.74. The highest BCUT2D eigenvalue weighted by molar-refractivity contribution is 5.70. The van der Waals surface area contributed by atoms with E-state index in [0.29, 0.717) is 6.29 Å². The van der Waals surface area contributed by atoms with Gasteiger partial charge in [0.25, 0.3) is 0 Å². The van der Waals surface area contributed by atoms with Gasteiger partial charge in [0.15, 0.2) is 12.1 Å². The molecule has 19 unspecified atom stereocenters. The highest BCUT2D eigenvalue weighted by atomic mass is 16.7. The number of hydrogen-bond acceptors (Lipinski definition) is 18. The molecule has 0 aromatic heterocycles. The Morgan fingerprint density at radius 2 is 1.47 bits per heavy atom. The second-order valence-corrected chi connectivity index (χ2v) is 18.8. The third-order valence-electron chi connectivity index (χ3n) is 13.2. The summed E-state index contributed by atoms with van der Waals surface area (Å²) in [6.07, 6.45) is 10.0. The number of carbonyl (C=O) groups is 3. The summed E-state index contributed by atoms with van der Waals surface area (Å²) in [6, 6.07) is -2.01.